The van der Waals surface area contributed by atoms with Gasteiger partial charge in [-0.2, -0.15) is 0 Å². The number of fused-ring (bicyclic) bond motifs is 3. The SMILES string of the molecule is O=C1c2ccccc2C(=O)c2c(NC(=O)c3cc(-c4ccc(Br)cc4)nc4ccccc34)cccc21. The minimum absolute atomic E-state index is 0.209. The van der Waals surface area contributed by atoms with Crippen molar-refractivity contribution in [1.82, 2.24) is 4.98 Å². The maximum atomic E-state index is 13.6. The van der Waals surface area contributed by atoms with E-state index >= 15 is 0 Å². The molecule has 0 fully saturated rings. The van der Waals surface area contributed by atoms with E-state index < -0.39 is 0 Å². The van der Waals surface area contributed by atoms with E-state index in [1.54, 1.807) is 48.5 Å². The minimum atomic E-state index is -0.389. The lowest BCUT2D eigenvalue weighted by atomic mass is 9.83. The van der Waals surface area contributed by atoms with Crippen molar-refractivity contribution in [2.45, 2.75) is 0 Å². The number of nitrogens with one attached hydrogen (secondary N) is 1. The quantitative estimate of drug-likeness (QED) is 0.275. The summed E-state index contributed by atoms with van der Waals surface area (Å²) in [6.45, 7) is 0. The van der Waals surface area contributed by atoms with E-state index in [1.165, 1.54) is 0 Å². The first-order valence-corrected chi connectivity index (χ1v) is 12.1. The van der Waals surface area contributed by atoms with Crippen LogP contribution < -0.4 is 5.32 Å². The molecule has 1 aromatic heterocycles. The largest absolute Gasteiger partial charge is 0.321 e. The number of ketones is 2. The smallest absolute Gasteiger partial charge is 0.256 e. The second-order valence-corrected chi connectivity index (χ2v) is 9.38. The zero-order valence-corrected chi connectivity index (χ0v) is 20.4. The molecule has 1 amide bonds. The summed E-state index contributed by atoms with van der Waals surface area (Å²) in [5, 5.41) is 3.59. The summed E-state index contributed by atoms with van der Waals surface area (Å²) >= 11 is 3.45. The van der Waals surface area contributed by atoms with Crippen LogP contribution in [0.1, 0.15) is 42.2 Å². The molecule has 6 rings (SSSR count). The number of hydrogen-bond donors (Lipinski definition) is 1. The van der Waals surface area contributed by atoms with Gasteiger partial charge in [0.05, 0.1) is 28.0 Å². The third-order valence-electron chi connectivity index (χ3n) is 6.30. The van der Waals surface area contributed by atoms with E-state index in [-0.39, 0.29) is 28.6 Å². The number of carbonyl (C=O) groups is 3. The lowest BCUT2D eigenvalue weighted by Crippen LogP contribution is -2.24. The van der Waals surface area contributed by atoms with E-state index in [0.29, 0.717) is 39.0 Å². The number of amides is 1. The Hall–Kier alpha value is -4.42. The molecule has 0 spiro atoms. The predicted octanol–water partition coefficient (Wildman–Crippen LogP) is 6.69. The number of pyridine rings is 1. The van der Waals surface area contributed by atoms with Crippen LogP contribution in [0.15, 0.2) is 102 Å². The van der Waals surface area contributed by atoms with E-state index in [1.807, 2.05) is 48.5 Å². The van der Waals surface area contributed by atoms with Gasteiger partial charge >= 0.3 is 0 Å². The average Bonchev–Trinajstić information content (AvgIpc) is 2.91. The van der Waals surface area contributed by atoms with Crippen molar-refractivity contribution < 1.29 is 14.4 Å². The van der Waals surface area contributed by atoms with Crippen molar-refractivity contribution in [3.05, 3.63) is 129 Å². The molecule has 1 aliphatic carbocycles. The topological polar surface area (TPSA) is 76.1 Å². The maximum Gasteiger partial charge on any atom is 0.256 e. The van der Waals surface area contributed by atoms with E-state index in [9.17, 15) is 14.4 Å². The van der Waals surface area contributed by atoms with Gasteiger partial charge < -0.3 is 5.32 Å². The summed E-state index contributed by atoms with van der Waals surface area (Å²) in [6, 6.07) is 28.6. The first-order valence-electron chi connectivity index (χ1n) is 11.3. The Labute approximate surface area is 214 Å². The van der Waals surface area contributed by atoms with Crippen LogP contribution in [0, 0.1) is 0 Å². The molecule has 1 aliphatic rings. The van der Waals surface area contributed by atoms with Crippen molar-refractivity contribution in [3.63, 3.8) is 0 Å². The minimum Gasteiger partial charge on any atom is -0.321 e. The number of nitrogens with zero attached hydrogens (tertiary/aromatic N) is 1. The number of aromatic nitrogens is 1. The Morgan fingerprint density at radius 1 is 0.722 bits per heavy atom. The summed E-state index contributed by atoms with van der Waals surface area (Å²) in [5.74, 6) is -0.908. The molecule has 5 aromatic rings. The number of para-hydroxylation sites is 1. The first-order chi connectivity index (χ1) is 17.5. The number of hydrogen-bond acceptors (Lipinski definition) is 4. The highest BCUT2D eigenvalue weighted by Crippen LogP contribution is 2.33. The molecule has 36 heavy (non-hydrogen) atoms. The van der Waals surface area contributed by atoms with Crippen molar-refractivity contribution in [2.75, 3.05) is 5.32 Å². The predicted molar refractivity (Wildman–Crippen MR) is 143 cm³/mol. The van der Waals surface area contributed by atoms with Crippen molar-refractivity contribution in [1.29, 1.82) is 0 Å². The van der Waals surface area contributed by atoms with Crippen molar-refractivity contribution in [2.24, 2.45) is 0 Å². The highest BCUT2D eigenvalue weighted by atomic mass is 79.9. The molecule has 0 radical (unpaired) electrons. The Balaban J connectivity index is 1.45. The highest BCUT2D eigenvalue weighted by molar-refractivity contribution is 9.10. The maximum absolute atomic E-state index is 13.6. The summed E-state index contributed by atoms with van der Waals surface area (Å²) in [5.41, 5.74) is 4.13. The molecule has 0 saturated carbocycles. The molecule has 0 bridgehead atoms. The molecule has 1 heterocycles. The first kappa shape index (κ1) is 22.1. The van der Waals surface area contributed by atoms with E-state index in [0.717, 1.165) is 10.0 Å². The van der Waals surface area contributed by atoms with Gasteiger partial charge in [0.1, 0.15) is 0 Å². The summed E-state index contributed by atoms with van der Waals surface area (Å²) in [7, 11) is 0. The number of carbonyl (C=O) groups excluding carboxylic acids is 3. The average molecular weight is 533 g/mol. The lowest BCUT2D eigenvalue weighted by molar-refractivity contribution is 0.0978. The standard InChI is InChI=1S/C30H17BrN2O3/c31-18-14-12-17(13-15-18)26-16-23(19-6-3-4-10-24(19)32-26)30(36)33-25-11-5-9-22-27(25)29(35)21-8-2-1-7-20(21)28(22)34/h1-16H,(H,33,36). The monoisotopic (exact) mass is 532 g/mol. The molecule has 0 unspecified atom stereocenters. The summed E-state index contributed by atoms with van der Waals surface area (Å²) < 4.78 is 0.944. The van der Waals surface area contributed by atoms with Crippen LogP contribution in [0.5, 0.6) is 0 Å². The van der Waals surface area contributed by atoms with Gasteiger partial charge in [0.15, 0.2) is 11.6 Å². The van der Waals surface area contributed by atoms with Gasteiger partial charge in [0, 0.05) is 32.1 Å². The van der Waals surface area contributed by atoms with Gasteiger partial charge in [0.2, 0.25) is 0 Å². The molecule has 0 aliphatic heterocycles. The van der Waals surface area contributed by atoms with Gasteiger partial charge in [-0.15, -0.1) is 0 Å². The Morgan fingerprint density at radius 2 is 1.39 bits per heavy atom. The fourth-order valence-electron chi connectivity index (χ4n) is 4.57. The second kappa shape index (κ2) is 8.66. The molecule has 4 aromatic carbocycles. The fraction of sp³-hybridized carbons (Fsp3) is 0. The molecule has 1 N–H and O–H groups in total. The zero-order valence-electron chi connectivity index (χ0n) is 18.8. The molecule has 0 saturated heterocycles. The number of halogens is 1. The lowest BCUT2D eigenvalue weighted by Gasteiger charge is -2.20. The molecule has 0 atom stereocenters. The van der Waals surface area contributed by atoms with E-state index in [2.05, 4.69) is 21.2 Å². The van der Waals surface area contributed by atoms with Crippen molar-refractivity contribution >= 4 is 50.0 Å². The Kier molecular flexibility index (Phi) is 5.31. The van der Waals surface area contributed by atoms with Crippen LogP contribution in [-0.4, -0.2) is 22.5 Å². The highest BCUT2D eigenvalue weighted by Gasteiger charge is 2.32. The zero-order chi connectivity index (χ0) is 24.8. The van der Waals surface area contributed by atoms with Gasteiger partial charge in [-0.05, 0) is 30.3 Å². The van der Waals surface area contributed by atoms with Crippen LogP contribution in [0.3, 0.4) is 0 Å². The van der Waals surface area contributed by atoms with Gasteiger partial charge in [-0.3, -0.25) is 14.4 Å². The molecular formula is C30H17BrN2O3. The molecule has 6 heteroatoms. The Morgan fingerprint density at radius 3 is 2.17 bits per heavy atom. The number of rotatable bonds is 3. The van der Waals surface area contributed by atoms with Gasteiger partial charge in [-0.1, -0.05) is 82.7 Å². The van der Waals surface area contributed by atoms with Crippen LogP contribution in [0.25, 0.3) is 22.2 Å². The Bertz CT molecular complexity index is 1730. The molecule has 5 nitrogen and oxygen atoms in total. The number of anilines is 1. The molecule has 172 valence electrons. The summed E-state index contributed by atoms with van der Waals surface area (Å²) in [6.07, 6.45) is 0. The van der Waals surface area contributed by atoms with Crippen LogP contribution in [0.2, 0.25) is 0 Å². The second-order valence-electron chi connectivity index (χ2n) is 8.47. The number of benzene rings is 4. The van der Waals surface area contributed by atoms with Gasteiger partial charge in [-0.25, -0.2) is 4.98 Å². The van der Waals surface area contributed by atoms with E-state index in [4.69, 9.17) is 4.98 Å². The van der Waals surface area contributed by atoms with Crippen molar-refractivity contribution in [3.8, 4) is 11.3 Å². The normalized spacial score (nSPS) is 12.2. The third kappa shape index (κ3) is 3.63. The van der Waals surface area contributed by atoms with Crippen LogP contribution >= 0.6 is 15.9 Å². The fourth-order valence-corrected chi connectivity index (χ4v) is 4.83. The van der Waals surface area contributed by atoms with Crippen LogP contribution in [-0.2, 0) is 0 Å². The van der Waals surface area contributed by atoms with Gasteiger partial charge in [0.25, 0.3) is 5.91 Å². The third-order valence-corrected chi connectivity index (χ3v) is 6.83. The van der Waals surface area contributed by atoms with Crippen LogP contribution in [0.4, 0.5) is 5.69 Å². The summed E-state index contributed by atoms with van der Waals surface area (Å²) in [4.78, 5) is 44.8. The molecular weight excluding hydrogens is 516 g/mol.